The lowest BCUT2D eigenvalue weighted by Gasteiger charge is -2.28. The highest BCUT2D eigenvalue weighted by molar-refractivity contribution is 7.80. The molecule has 0 radical (unpaired) electrons. The summed E-state index contributed by atoms with van der Waals surface area (Å²) in [5.41, 5.74) is 6.86. The van der Waals surface area contributed by atoms with Gasteiger partial charge in [-0.15, -0.1) is 0 Å². The van der Waals surface area contributed by atoms with Crippen LogP contribution < -0.4 is 15.0 Å². The molecular formula is C31H33N5OS. The molecule has 0 unspecified atom stereocenters. The van der Waals surface area contributed by atoms with Gasteiger partial charge in [0, 0.05) is 42.2 Å². The number of anilines is 1. The lowest BCUT2D eigenvalue weighted by molar-refractivity contribution is 0.210. The molecule has 1 saturated carbocycles. The van der Waals surface area contributed by atoms with Crippen molar-refractivity contribution < 1.29 is 4.74 Å². The van der Waals surface area contributed by atoms with Crippen molar-refractivity contribution >= 4 is 23.0 Å². The maximum absolute atomic E-state index is 6.23. The average molecular weight is 524 g/mol. The van der Waals surface area contributed by atoms with Gasteiger partial charge < -0.3 is 19.5 Å². The van der Waals surface area contributed by atoms with Gasteiger partial charge in [-0.25, -0.2) is 0 Å². The van der Waals surface area contributed by atoms with Crippen LogP contribution in [0.4, 0.5) is 5.69 Å². The summed E-state index contributed by atoms with van der Waals surface area (Å²) in [7, 11) is 0. The van der Waals surface area contributed by atoms with Crippen LogP contribution in [0.25, 0.3) is 0 Å². The summed E-state index contributed by atoms with van der Waals surface area (Å²) in [6.07, 6.45) is 10.7. The summed E-state index contributed by atoms with van der Waals surface area (Å²) in [5.74, 6) is 0.922. The van der Waals surface area contributed by atoms with Crippen LogP contribution in [0.2, 0.25) is 0 Å². The minimum absolute atomic E-state index is 0.0483. The van der Waals surface area contributed by atoms with Crippen molar-refractivity contribution in [2.75, 3.05) is 4.90 Å². The standard InChI is InChI=1S/C31H33N5OS/c1-21-18-27(22(2)35(21)20-23-8-7-16-32-19-23)30-29(28-11-5-6-17-33-28)34-31(38)36(30)24-12-14-26(15-13-24)37-25-9-3-4-10-25/h5-8,11-19,25,29-30H,3-4,9-10,20H2,1-2H3,(H,34,38)/t29-,30+/m1/s1. The molecule has 6 rings (SSSR count). The molecular weight excluding hydrogens is 490 g/mol. The number of hydrogen-bond acceptors (Lipinski definition) is 4. The fraction of sp³-hybridized carbons (Fsp3) is 0.323. The van der Waals surface area contributed by atoms with Gasteiger partial charge in [0.1, 0.15) is 5.75 Å². The molecule has 0 bridgehead atoms. The second kappa shape index (κ2) is 10.6. The predicted molar refractivity (Wildman–Crippen MR) is 155 cm³/mol. The summed E-state index contributed by atoms with van der Waals surface area (Å²) in [6.45, 7) is 5.15. The number of aryl methyl sites for hydroxylation is 1. The fourth-order valence-electron chi connectivity index (χ4n) is 5.88. The van der Waals surface area contributed by atoms with E-state index in [9.17, 15) is 0 Å². The van der Waals surface area contributed by atoms with Crippen LogP contribution in [-0.2, 0) is 6.54 Å². The largest absolute Gasteiger partial charge is 0.490 e. The van der Waals surface area contributed by atoms with E-state index in [4.69, 9.17) is 21.9 Å². The SMILES string of the molecule is Cc1cc([C@H]2[C@@H](c3ccccn3)NC(=S)N2c2ccc(OC3CCCC3)cc2)c(C)n1Cc1cccnc1. The Balaban J connectivity index is 1.37. The van der Waals surface area contributed by atoms with E-state index in [1.165, 1.54) is 35.4 Å². The molecule has 1 saturated heterocycles. The summed E-state index contributed by atoms with van der Waals surface area (Å²) >= 11 is 5.95. The number of rotatable bonds is 7. The number of ether oxygens (including phenoxy) is 1. The molecule has 4 heterocycles. The first-order chi connectivity index (χ1) is 18.6. The molecule has 194 valence electrons. The molecule has 3 aromatic heterocycles. The highest BCUT2D eigenvalue weighted by Gasteiger charge is 2.42. The summed E-state index contributed by atoms with van der Waals surface area (Å²) in [6, 6.07) is 20.7. The number of hydrogen-bond donors (Lipinski definition) is 1. The van der Waals surface area contributed by atoms with E-state index < -0.39 is 0 Å². The minimum atomic E-state index is -0.0783. The molecule has 7 heteroatoms. The monoisotopic (exact) mass is 523 g/mol. The van der Waals surface area contributed by atoms with E-state index in [0.29, 0.717) is 11.2 Å². The number of thiocarbonyl (C=S) groups is 1. The number of aromatic nitrogens is 3. The third-order valence-electron chi connectivity index (χ3n) is 7.81. The topological polar surface area (TPSA) is 55.2 Å². The number of nitrogens with zero attached hydrogens (tertiary/aromatic N) is 4. The lowest BCUT2D eigenvalue weighted by atomic mass is 9.96. The average Bonchev–Trinajstić information content (AvgIpc) is 3.65. The highest BCUT2D eigenvalue weighted by Crippen LogP contribution is 2.43. The van der Waals surface area contributed by atoms with Crippen molar-refractivity contribution in [2.24, 2.45) is 0 Å². The van der Waals surface area contributed by atoms with Gasteiger partial charge in [0.2, 0.25) is 0 Å². The van der Waals surface area contributed by atoms with Crippen molar-refractivity contribution in [3.05, 3.63) is 107 Å². The van der Waals surface area contributed by atoms with Crippen molar-refractivity contribution in [3.8, 4) is 5.75 Å². The van der Waals surface area contributed by atoms with E-state index in [1.54, 1.807) is 0 Å². The van der Waals surface area contributed by atoms with Crippen LogP contribution in [0.15, 0.2) is 79.3 Å². The maximum atomic E-state index is 6.23. The summed E-state index contributed by atoms with van der Waals surface area (Å²) in [4.78, 5) is 11.3. The van der Waals surface area contributed by atoms with Gasteiger partial charge in [0.15, 0.2) is 5.11 Å². The Morgan fingerprint density at radius 3 is 2.53 bits per heavy atom. The maximum Gasteiger partial charge on any atom is 0.174 e. The highest BCUT2D eigenvalue weighted by atomic mass is 32.1. The van der Waals surface area contributed by atoms with Gasteiger partial charge in [-0.05, 0) is 111 Å². The normalized spacial score (nSPS) is 19.6. The lowest BCUT2D eigenvalue weighted by Crippen LogP contribution is -2.29. The zero-order chi connectivity index (χ0) is 26.1. The van der Waals surface area contributed by atoms with Crippen LogP contribution in [0, 0.1) is 13.8 Å². The Labute approximate surface area is 229 Å². The Kier molecular flexibility index (Phi) is 6.85. The van der Waals surface area contributed by atoms with E-state index in [1.807, 2.05) is 36.8 Å². The van der Waals surface area contributed by atoms with E-state index in [2.05, 4.69) is 76.1 Å². The van der Waals surface area contributed by atoms with Crippen molar-refractivity contribution in [3.63, 3.8) is 0 Å². The van der Waals surface area contributed by atoms with Gasteiger partial charge >= 0.3 is 0 Å². The van der Waals surface area contributed by atoms with E-state index in [0.717, 1.165) is 36.5 Å². The summed E-state index contributed by atoms with van der Waals surface area (Å²) < 4.78 is 8.59. The second-order valence-electron chi connectivity index (χ2n) is 10.3. The molecule has 0 amide bonds. The molecule has 2 fully saturated rings. The van der Waals surface area contributed by atoms with Crippen LogP contribution in [-0.4, -0.2) is 25.8 Å². The van der Waals surface area contributed by atoms with Crippen LogP contribution in [0.1, 0.15) is 66.0 Å². The van der Waals surface area contributed by atoms with Gasteiger partial charge in [-0.1, -0.05) is 12.1 Å². The molecule has 1 aliphatic carbocycles. The number of benzene rings is 1. The molecule has 1 aromatic carbocycles. The molecule has 4 aromatic rings. The number of nitrogens with one attached hydrogen (secondary N) is 1. The van der Waals surface area contributed by atoms with Gasteiger partial charge in [-0.2, -0.15) is 0 Å². The Hall–Kier alpha value is -3.71. The van der Waals surface area contributed by atoms with E-state index in [-0.39, 0.29) is 12.1 Å². The van der Waals surface area contributed by atoms with Gasteiger partial charge in [0.25, 0.3) is 0 Å². The van der Waals surface area contributed by atoms with Gasteiger partial charge in [-0.3, -0.25) is 9.97 Å². The predicted octanol–water partition coefficient (Wildman–Crippen LogP) is 6.44. The van der Waals surface area contributed by atoms with Crippen molar-refractivity contribution in [1.29, 1.82) is 0 Å². The number of pyridine rings is 2. The van der Waals surface area contributed by atoms with Crippen LogP contribution >= 0.6 is 12.2 Å². The van der Waals surface area contributed by atoms with Crippen LogP contribution in [0.3, 0.4) is 0 Å². The smallest absolute Gasteiger partial charge is 0.174 e. The zero-order valence-corrected chi connectivity index (χ0v) is 22.7. The molecule has 6 nitrogen and oxygen atoms in total. The quantitative estimate of drug-likeness (QED) is 0.281. The molecule has 2 aliphatic rings. The fourth-order valence-corrected chi connectivity index (χ4v) is 6.22. The van der Waals surface area contributed by atoms with E-state index >= 15 is 0 Å². The molecule has 1 aliphatic heterocycles. The first-order valence-electron chi connectivity index (χ1n) is 13.4. The summed E-state index contributed by atoms with van der Waals surface area (Å²) in [5, 5.41) is 4.29. The van der Waals surface area contributed by atoms with Crippen molar-refractivity contribution in [1.82, 2.24) is 19.9 Å². The Morgan fingerprint density at radius 1 is 1.00 bits per heavy atom. The first-order valence-corrected chi connectivity index (χ1v) is 13.8. The molecule has 2 atom stereocenters. The molecule has 0 spiro atoms. The zero-order valence-electron chi connectivity index (χ0n) is 21.9. The third-order valence-corrected chi connectivity index (χ3v) is 8.13. The van der Waals surface area contributed by atoms with Crippen molar-refractivity contribution in [2.45, 2.75) is 64.3 Å². The minimum Gasteiger partial charge on any atom is -0.490 e. The van der Waals surface area contributed by atoms with Crippen LogP contribution in [0.5, 0.6) is 5.75 Å². The second-order valence-corrected chi connectivity index (χ2v) is 10.7. The Morgan fingerprint density at radius 2 is 1.82 bits per heavy atom. The Bertz CT molecular complexity index is 1400. The van der Waals surface area contributed by atoms with Gasteiger partial charge in [0.05, 0.1) is 23.9 Å². The first kappa shape index (κ1) is 24.6. The molecule has 1 N–H and O–H groups in total. The molecule has 38 heavy (non-hydrogen) atoms. The third kappa shape index (κ3) is 4.78.